The lowest BCUT2D eigenvalue weighted by molar-refractivity contribution is -0.255. The zero-order valence-electron chi connectivity index (χ0n) is 13.3. The molecular formula is C18H9F3NO3S2-. The smallest absolute Gasteiger partial charge is 0.416 e. The number of amides is 1. The van der Waals surface area contributed by atoms with E-state index in [1.807, 2.05) is 0 Å². The molecule has 2 aromatic carbocycles. The third kappa shape index (κ3) is 4.04. The molecule has 1 saturated heterocycles. The van der Waals surface area contributed by atoms with Crippen molar-refractivity contribution in [3.8, 4) is 0 Å². The van der Waals surface area contributed by atoms with E-state index in [9.17, 15) is 27.9 Å². The van der Waals surface area contributed by atoms with Crippen molar-refractivity contribution in [2.24, 2.45) is 0 Å². The highest BCUT2D eigenvalue weighted by Gasteiger charge is 2.36. The van der Waals surface area contributed by atoms with Crippen LogP contribution in [0.25, 0.3) is 6.08 Å². The van der Waals surface area contributed by atoms with Crippen LogP contribution in [0.2, 0.25) is 0 Å². The summed E-state index contributed by atoms with van der Waals surface area (Å²) in [5.74, 6) is -1.87. The number of thioether (sulfide) groups is 1. The Morgan fingerprint density at radius 2 is 1.81 bits per heavy atom. The Morgan fingerprint density at radius 3 is 2.41 bits per heavy atom. The number of carboxylic acids is 1. The fraction of sp³-hybridized carbons (Fsp3) is 0.0556. The van der Waals surface area contributed by atoms with E-state index in [0.717, 1.165) is 28.8 Å². The fourth-order valence-electron chi connectivity index (χ4n) is 2.38. The number of carboxylic acid groups (broad SMARTS) is 1. The third-order valence-corrected chi connectivity index (χ3v) is 4.97. The Morgan fingerprint density at radius 1 is 1.15 bits per heavy atom. The van der Waals surface area contributed by atoms with Gasteiger partial charge < -0.3 is 9.90 Å². The first kappa shape index (κ1) is 19.1. The Bertz CT molecular complexity index is 969. The second-order valence-electron chi connectivity index (χ2n) is 5.47. The normalized spacial score (nSPS) is 16.3. The molecule has 1 fully saturated rings. The van der Waals surface area contributed by atoms with E-state index in [4.69, 9.17) is 12.2 Å². The van der Waals surface area contributed by atoms with Crippen molar-refractivity contribution in [2.75, 3.05) is 4.90 Å². The van der Waals surface area contributed by atoms with Gasteiger partial charge in [0.15, 0.2) is 4.32 Å². The van der Waals surface area contributed by atoms with Crippen molar-refractivity contribution in [1.82, 2.24) is 0 Å². The maximum absolute atomic E-state index is 12.9. The van der Waals surface area contributed by atoms with Crippen molar-refractivity contribution in [3.05, 3.63) is 70.1 Å². The molecule has 0 atom stereocenters. The number of thiocarbonyl (C=S) groups is 1. The number of carbonyl (C=O) groups excluding carboxylic acids is 2. The molecule has 0 aliphatic carbocycles. The van der Waals surface area contributed by atoms with E-state index >= 15 is 0 Å². The Hall–Kier alpha value is -2.65. The molecular weight excluding hydrogens is 399 g/mol. The molecule has 9 heteroatoms. The summed E-state index contributed by atoms with van der Waals surface area (Å²) < 4.78 is 38.8. The molecule has 0 spiro atoms. The van der Waals surface area contributed by atoms with E-state index in [2.05, 4.69) is 0 Å². The predicted octanol–water partition coefficient (Wildman–Crippen LogP) is 3.47. The monoisotopic (exact) mass is 408 g/mol. The lowest BCUT2D eigenvalue weighted by Crippen LogP contribution is -2.27. The molecule has 0 aromatic heterocycles. The minimum atomic E-state index is -4.53. The minimum Gasteiger partial charge on any atom is -0.545 e. The Kier molecular flexibility index (Phi) is 5.07. The zero-order chi connectivity index (χ0) is 19.8. The summed E-state index contributed by atoms with van der Waals surface area (Å²) in [7, 11) is 0. The van der Waals surface area contributed by atoms with Gasteiger partial charge in [0, 0.05) is 0 Å². The first-order valence-corrected chi connectivity index (χ1v) is 8.66. The molecule has 3 rings (SSSR count). The maximum Gasteiger partial charge on any atom is 0.416 e. The first-order valence-electron chi connectivity index (χ1n) is 7.43. The van der Waals surface area contributed by atoms with Gasteiger partial charge in [-0.15, -0.1) is 0 Å². The molecule has 0 bridgehead atoms. The SMILES string of the molecule is O=C([O-])c1ccc(C=C2SC(=S)N(c3cccc(C(F)(F)F)c3)C2=O)cc1. The topological polar surface area (TPSA) is 60.4 Å². The second-order valence-corrected chi connectivity index (χ2v) is 7.15. The average Bonchev–Trinajstić information content (AvgIpc) is 2.88. The summed E-state index contributed by atoms with van der Waals surface area (Å²) >= 11 is 6.10. The maximum atomic E-state index is 12.9. The van der Waals surface area contributed by atoms with Crippen LogP contribution in [0.1, 0.15) is 21.5 Å². The highest BCUT2D eigenvalue weighted by molar-refractivity contribution is 8.27. The minimum absolute atomic E-state index is 0.0105. The van der Waals surface area contributed by atoms with Crippen LogP contribution in [0, 0.1) is 0 Å². The summed E-state index contributed by atoms with van der Waals surface area (Å²) in [6.07, 6.45) is -3.04. The second kappa shape index (κ2) is 7.16. The van der Waals surface area contributed by atoms with Gasteiger partial charge in [-0.1, -0.05) is 54.3 Å². The van der Waals surface area contributed by atoms with Crippen molar-refractivity contribution in [3.63, 3.8) is 0 Å². The first-order chi connectivity index (χ1) is 12.7. The number of halogens is 3. The predicted molar refractivity (Wildman–Crippen MR) is 97.9 cm³/mol. The van der Waals surface area contributed by atoms with E-state index in [-0.39, 0.29) is 20.5 Å². The Balaban J connectivity index is 1.90. The Labute approximate surface area is 161 Å². The number of alkyl halides is 3. The third-order valence-electron chi connectivity index (χ3n) is 3.67. The molecule has 1 aliphatic heterocycles. The van der Waals surface area contributed by atoms with Crippen LogP contribution >= 0.6 is 24.0 Å². The van der Waals surface area contributed by atoms with Crippen molar-refractivity contribution in [2.45, 2.75) is 6.18 Å². The molecule has 0 unspecified atom stereocenters. The summed E-state index contributed by atoms with van der Waals surface area (Å²) in [6.45, 7) is 0. The van der Waals surface area contributed by atoms with Crippen LogP contribution in [0.3, 0.4) is 0 Å². The van der Waals surface area contributed by atoms with E-state index in [1.54, 1.807) is 0 Å². The van der Waals surface area contributed by atoms with Crippen molar-refractivity contribution >= 4 is 51.9 Å². The lowest BCUT2D eigenvalue weighted by atomic mass is 10.1. The van der Waals surface area contributed by atoms with E-state index in [0.29, 0.717) is 5.56 Å². The van der Waals surface area contributed by atoms with E-state index < -0.39 is 23.6 Å². The van der Waals surface area contributed by atoms with Crippen molar-refractivity contribution in [1.29, 1.82) is 0 Å². The molecule has 1 amide bonds. The average molecular weight is 408 g/mol. The highest BCUT2D eigenvalue weighted by atomic mass is 32.2. The fourth-order valence-corrected chi connectivity index (χ4v) is 3.68. The van der Waals surface area contributed by atoms with Crippen LogP contribution in [0.15, 0.2) is 53.4 Å². The number of hydrogen-bond acceptors (Lipinski definition) is 5. The molecule has 1 aliphatic rings. The summed E-state index contributed by atoms with van der Waals surface area (Å²) in [5.41, 5.74) is -0.313. The number of rotatable bonds is 3. The summed E-state index contributed by atoms with van der Waals surface area (Å²) in [6, 6.07) is 9.99. The molecule has 0 saturated carbocycles. The molecule has 0 N–H and O–H groups in total. The van der Waals surface area contributed by atoms with Gasteiger partial charge in [0.2, 0.25) is 0 Å². The number of aromatic carboxylic acids is 1. The highest BCUT2D eigenvalue weighted by Crippen LogP contribution is 2.38. The van der Waals surface area contributed by atoms with E-state index in [1.165, 1.54) is 42.5 Å². The molecule has 0 radical (unpaired) electrons. The number of benzene rings is 2. The van der Waals surface area contributed by atoms with Crippen LogP contribution in [-0.2, 0) is 11.0 Å². The number of anilines is 1. The molecule has 2 aromatic rings. The van der Waals surface area contributed by atoms with Gasteiger partial charge in [0.25, 0.3) is 5.91 Å². The zero-order valence-corrected chi connectivity index (χ0v) is 15.0. The largest absolute Gasteiger partial charge is 0.545 e. The summed E-state index contributed by atoms with van der Waals surface area (Å²) in [4.78, 5) is 24.6. The molecule has 4 nitrogen and oxygen atoms in total. The van der Waals surface area contributed by atoms with Crippen LogP contribution in [0.4, 0.5) is 18.9 Å². The van der Waals surface area contributed by atoms with Gasteiger partial charge >= 0.3 is 6.18 Å². The van der Waals surface area contributed by atoms with Gasteiger partial charge in [0.05, 0.1) is 22.1 Å². The number of nitrogens with zero attached hydrogens (tertiary/aromatic N) is 1. The van der Waals surface area contributed by atoms with Crippen LogP contribution in [-0.4, -0.2) is 16.2 Å². The van der Waals surface area contributed by atoms with Gasteiger partial charge in [0.1, 0.15) is 0 Å². The molecule has 1 heterocycles. The standard InChI is InChI=1S/C18H10F3NO3S2/c19-18(20,21)12-2-1-3-13(9-12)22-15(23)14(27-17(22)26)8-10-4-6-11(7-5-10)16(24)25/h1-9H,(H,24,25)/p-1. The molecule has 27 heavy (non-hydrogen) atoms. The van der Waals surface area contributed by atoms with Crippen molar-refractivity contribution < 1.29 is 27.9 Å². The molecule has 138 valence electrons. The van der Waals surface area contributed by atoms with Gasteiger partial charge in [-0.3, -0.25) is 9.69 Å². The van der Waals surface area contributed by atoms with Gasteiger partial charge in [-0.2, -0.15) is 13.2 Å². The van der Waals surface area contributed by atoms with Crippen LogP contribution in [0.5, 0.6) is 0 Å². The van der Waals surface area contributed by atoms with Gasteiger partial charge in [-0.25, -0.2) is 0 Å². The lowest BCUT2D eigenvalue weighted by Gasteiger charge is -2.16. The van der Waals surface area contributed by atoms with Gasteiger partial charge in [-0.05, 0) is 35.4 Å². The number of carbonyl (C=O) groups is 2. The quantitative estimate of drug-likeness (QED) is 0.575. The number of hydrogen-bond donors (Lipinski definition) is 0. The summed E-state index contributed by atoms with van der Waals surface area (Å²) in [5, 5.41) is 10.8. The van der Waals surface area contributed by atoms with Crippen LogP contribution < -0.4 is 10.0 Å².